The van der Waals surface area contributed by atoms with Gasteiger partial charge in [-0.1, -0.05) is 6.58 Å². The number of pyridine rings is 1. The maximum absolute atomic E-state index is 5.73. The van der Waals surface area contributed by atoms with Crippen LogP contribution in [-0.4, -0.2) is 57.5 Å². The molecule has 0 spiro atoms. The van der Waals surface area contributed by atoms with Gasteiger partial charge < -0.3 is 20.9 Å². The van der Waals surface area contributed by atoms with Crippen LogP contribution in [-0.2, 0) is 0 Å². The lowest BCUT2D eigenvalue weighted by Gasteiger charge is -2.34. The first-order chi connectivity index (χ1) is 15.6. The second kappa shape index (κ2) is 8.32. The molecule has 3 N–H and O–H groups in total. The highest BCUT2D eigenvalue weighted by Gasteiger charge is 2.15. The van der Waals surface area contributed by atoms with E-state index in [-0.39, 0.29) is 0 Å². The highest BCUT2D eigenvalue weighted by molar-refractivity contribution is 5.74. The van der Waals surface area contributed by atoms with Gasteiger partial charge in [-0.3, -0.25) is 9.38 Å². The van der Waals surface area contributed by atoms with Crippen LogP contribution in [0, 0.1) is 0 Å². The van der Waals surface area contributed by atoms with E-state index >= 15 is 0 Å². The molecule has 0 bridgehead atoms. The van der Waals surface area contributed by atoms with Crippen LogP contribution in [0.15, 0.2) is 67.8 Å². The van der Waals surface area contributed by atoms with Gasteiger partial charge in [0.1, 0.15) is 0 Å². The van der Waals surface area contributed by atoms with Crippen molar-refractivity contribution in [2.75, 3.05) is 43.4 Å². The summed E-state index contributed by atoms with van der Waals surface area (Å²) in [5.41, 5.74) is 11.6. The van der Waals surface area contributed by atoms with E-state index in [0.717, 1.165) is 48.8 Å². The van der Waals surface area contributed by atoms with Gasteiger partial charge in [0, 0.05) is 61.7 Å². The summed E-state index contributed by atoms with van der Waals surface area (Å²) in [6, 6.07) is 12.3. The Balaban J connectivity index is 1.38. The van der Waals surface area contributed by atoms with E-state index in [2.05, 4.69) is 68.0 Å². The number of anilines is 3. The van der Waals surface area contributed by atoms with Crippen molar-refractivity contribution in [3.8, 4) is 11.3 Å². The normalized spacial score (nSPS) is 14.6. The van der Waals surface area contributed by atoms with E-state index in [9.17, 15) is 0 Å². The first kappa shape index (κ1) is 20.0. The Morgan fingerprint density at radius 1 is 0.969 bits per heavy atom. The number of fused-ring (bicyclic) bond motifs is 1. The molecule has 0 amide bonds. The highest BCUT2D eigenvalue weighted by Crippen LogP contribution is 2.26. The number of aromatic nitrogens is 4. The third-order valence-electron chi connectivity index (χ3n) is 5.81. The summed E-state index contributed by atoms with van der Waals surface area (Å²) in [5.74, 6) is 0.700. The van der Waals surface area contributed by atoms with Crippen molar-refractivity contribution in [3.05, 3.63) is 73.5 Å². The molecule has 1 aromatic carbocycles. The monoisotopic (exact) mass is 426 g/mol. The fourth-order valence-corrected chi connectivity index (χ4v) is 3.91. The molecule has 1 fully saturated rings. The molecular formula is C24H26N8. The second-order valence-electron chi connectivity index (χ2n) is 8.03. The minimum absolute atomic E-state index is 0.445. The molecule has 4 heterocycles. The average Bonchev–Trinajstić information content (AvgIpc) is 3.31. The van der Waals surface area contributed by atoms with Crippen molar-refractivity contribution in [2.45, 2.75) is 0 Å². The fraction of sp³-hybridized carbons (Fsp3) is 0.208. The number of likely N-dealkylation sites (N-methyl/N-ethyl adjacent to an activating group) is 1. The molecule has 1 aliphatic rings. The molecule has 1 saturated heterocycles. The van der Waals surface area contributed by atoms with Crippen molar-refractivity contribution < 1.29 is 0 Å². The number of benzene rings is 1. The van der Waals surface area contributed by atoms with Gasteiger partial charge in [0.05, 0.1) is 23.3 Å². The molecule has 32 heavy (non-hydrogen) atoms. The van der Waals surface area contributed by atoms with E-state index in [0.29, 0.717) is 17.2 Å². The number of nitrogens with two attached hydrogens (primary N) is 1. The van der Waals surface area contributed by atoms with Crippen LogP contribution in [0.4, 0.5) is 17.2 Å². The van der Waals surface area contributed by atoms with Crippen LogP contribution in [0.5, 0.6) is 0 Å². The van der Waals surface area contributed by atoms with Gasteiger partial charge in [0.25, 0.3) is 0 Å². The van der Waals surface area contributed by atoms with Crippen molar-refractivity contribution in [1.82, 2.24) is 24.3 Å². The van der Waals surface area contributed by atoms with Gasteiger partial charge in [0.15, 0.2) is 11.5 Å². The second-order valence-corrected chi connectivity index (χ2v) is 8.03. The van der Waals surface area contributed by atoms with Crippen molar-refractivity contribution in [3.63, 3.8) is 0 Å². The summed E-state index contributed by atoms with van der Waals surface area (Å²) in [6.45, 7) is 8.02. The lowest BCUT2D eigenvalue weighted by Crippen LogP contribution is -2.44. The molecule has 8 heteroatoms. The molecule has 4 aromatic rings. The molecule has 0 saturated carbocycles. The van der Waals surface area contributed by atoms with E-state index in [1.54, 1.807) is 12.4 Å². The lowest BCUT2D eigenvalue weighted by atomic mass is 10.2. The predicted octanol–water partition coefficient (Wildman–Crippen LogP) is 3.22. The molecule has 1 aliphatic heterocycles. The van der Waals surface area contributed by atoms with Crippen molar-refractivity contribution in [2.24, 2.45) is 5.73 Å². The van der Waals surface area contributed by atoms with Crippen LogP contribution in [0.1, 0.15) is 5.69 Å². The Hall–Kier alpha value is -3.91. The van der Waals surface area contributed by atoms with E-state index in [4.69, 9.17) is 5.73 Å². The first-order valence-electron chi connectivity index (χ1n) is 10.6. The van der Waals surface area contributed by atoms with Crippen LogP contribution in [0.3, 0.4) is 0 Å². The third-order valence-corrected chi connectivity index (χ3v) is 5.81. The summed E-state index contributed by atoms with van der Waals surface area (Å²) < 4.78 is 2.00. The summed E-state index contributed by atoms with van der Waals surface area (Å²) in [4.78, 5) is 18.3. The third kappa shape index (κ3) is 3.88. The smallest absolute Gasteiger partial charge is 0.180 e. The summed E-state index contributed by atoms with van der Waals surface area (Å²) >= 11 is 0. The molecule has 0 aliphatic carbocycles. The molecule has 0 radical (unpaired) electrons. The zero-order valence-electron chi connectivity index (χ0n) is 18.1. The van der Waals surface area contributed by atoms with Crippen LogP contribution >= 0.6 is 0 Å². The van der Waals surface area contributed by atoms with E-state index in [1.165, 1.54) is 5.69 Å². The summed E-state index contributed by atoms with van der Waals surface area (Å²) in [5, 5.41) is 3.41. The van der Waals surface area contributed by atoms with Gasteiger partial charge >= 0.3 is 0 Å². The first-order valence-corrected chi connectivity index (χ1v) is 10.6. The highest BCUT2D eigenvalue weighted by atomic mass is 15.2. The number of piperazine rings is 1. The zero-order valence-corrected chi connectivity index (χ0v) is 18.1. The molecule has 5 rings (SSSR count). The number of rotatable bonds is 5. The van der Waals surface area contributed by atoms with Gasteiger partial charge in [0.2, 0.25) is 0 Å². The summed E-state index contributed by atoms with van der Waals surface area (Å²) in [6.07, 6.45) is 7.28. The predicted molar refractivity (Wildman–Crippen MR) is 129 cm³/mol. The average molecular weight is 427 g/mol. The van der Waals surface area contributed by atoms with Crippen LogP contribution < -0.4 is 16.0 Å². The van der Waals surface area contributed by atoms with Gasteiger partial charge in [-0.15, -0.1) is 0 Å². The largest absolute Gasteiger partial charge is 0.397 e. The minimum Gasteiger partial charge on any atom is -0.397 e. The van der Waals surface area contributed by atoms with Crippen LogP contribution in [0.25, 0.3) is 22.6 Å². The van der Waals surface area contributed by atoms with Crippen molar-refractivity contribution >= 4 is 28.5 Å². The topological polar surface area (TPSA) is 87.6 Å². The van der Waals surface area contributed by atoms with Gasteiger partial charge in [-0.05, 0) is 43.4 Å². The standard InChI is InChI=1S/C24H26N8/c1-17(25)21-8-3-18(15-27-21)22-16-28-23(24-26-9-10-32(22)24)29-19-4-6-20(7-5-19)31-13-11-30(2)12-14-31/h3-10,15-16H,1,11-14,25H2,2H3,(H,28,29). The molecule has 3 aromatic heterocycles. The Labute approximate surface area is 187 Å². The quantitative estimate of drug-likeness (QED) is 0.507. The fourth-order valence-electron chi connectivity index (χ4n) is 3.91. The number of imidazole rings is 1. The number of hydrogen-bond donors (Lipinski definition) is 2. The Kier molecular flexibility index (Phi) is 5.20. The van der Waals surface area contributed by atoms with Gasteiger partial charge in [-0.25, -0.2) is 9.97 Å². The maximum atomic E-state index is 5.73. The molecule has 0 unspecified atom stereocenters. The molecule has 162 valence electrons. The van der Waals surface area contributed by atoms with Crippen LogP contribution in [0.2, 0.25) is 0 Å². The Morgan fingerprint density at radius 2 is 1.75 bits per heavy atom. The number of nitrogens with zero attached hydrogens (tertiary/aromatic N) is 6. The molecule has 0 atom stereocenters. The lowest BCUT2D eigenvalue weighted by molar-refractivity contribution is 0.313. The summed E-state index contributed by atoms with van der Waals surface area (Å²) in [7, 11) is 2.17. The SMILES string of the molecule is C=C(N)c1ccc(-c2cnc(Nc3ccc(N4CCN(C)CC4)cc3)c3nccn23)cn1. The minimum atomic E-state index is 0.445. The maximum Gasteiger partial charge on any atom is 0.180 e. The molecular weight excluding hydrogens is 400 g/mol. The van der Waals surface area contributed by atoms with E-state index in [1.807, 2.05) is 28.9 Å². The molecule has 8 nitrogen and oxygen atoms in total. The Bertz CT molecular complexity index is 1240. The van der Waals surface area contributed by atoms with E-state index < -0.39 is 0 Å². The number of nitrogens with one attached hydrogen (secondary N) is 1. The Morgan fingerprint density at radius 3 is 2.44 bits per heavy atom. The van der Waals surface area contributed by atoms with Gasteiger partial charge in [-0.2, -0.15) is 0 Å². The van der Waals surface area contributed by atoms with Crippen molar-refractivity contribution in [1.29, 1.82) is 0 Å². The number of hydrogen-bond acceptors (Lipinski definition) is 7. The zero-order chi connectivity index (χ0) is 22.1.